The first-order chi connectivity index (χ1) is 9.09. The fourth-order valence-electron chi connectivity index (χ4n) is 2.50. The lowest BCUT2D eigenvalue weighted by atomic mass is 9.92. The minimum absolute atomic E-state index is 0.0771. The second-order valence-corrected chi connectivity index (χ2v) is 5.54. The van der Waals surface area contributed by atoms with E-state index in [0.717, 1.165) is 29.9 Å². The summed E-state index contributed by atoms with van der Waals surface area (Å²) < 4.78 is 11.4. The topological polar surface area (TPSA) is 44.2 Å². The molecule has 4 nitrogen and oxygen atoms in total. The van der Waals surface area contributed by atoms with Gasteiger partial charge in [-0.3, -0.25) is 0 Å². The number of aryl methyl sites for hydroxylation is 1. The highest BCUT2D eigenvalue weighted by atomic mass is 35.5. The Morgan fingerprint density at radius 1 is 1.47 bits per heavy atom. The van der Waals surface area contributed by atoms with E-state index in [9.17, 15) is 0 Å². The van der Waals surface area contributed by atoms with Crippen LogP contribution in [0.15, 0.2) is 6.20 Å². The molecule has 2 rings (SSSR count). The van der Waals surface area contributed by atoms with E-state index >= 15 is 0 Å². The average Bonchev–Trinajstić information content (AvgIpc) is 2.39. The summed E-state index contributed by atoms with van der Waals surface area (Å²) in [6.07, 6.45) is 3.43. The molecule has 1 saturated heterocycles. The van der Waals surface area contributed by atoms with E-state index in [1.54, 1.807) is 0 Å². The van der Waals surface area contributed by atoms with E-state index in [-0.39, 0.29) is 5.38 Å². The zero-order chi connectivity index (χ0) is 13.9. The molecule has 1 unspecified atom stereocenters. The number of aromatic nitrogens is 2. The fourth-order valence-corrected chi connectivity index (χ4v) is 2.71. The molecule has 1 fully saturated rings. The third-order valence-electron chi connectivity index (χ3n) is 3.57. The molecule has 2 heterocycles. The predicted octanol–water partition coefficient (Wildman–Crippen LogP) is 3.13. The third kappa shape index (κ3) is 3.07. The summed E-state index contributed by atoms with van der Waals surface area (Å²) in [6.45, 7) is 7.93. The fraction of sp³-hybridized carbons (Fsp3) is 0.714. The molecule has 106 valence electrons. The largest absolute Gasteiger partial charge is 0.381 e. The summed E-state index contributed by atoms with van der Waals surface area (Å²) in [6, 6.07) is 0. The predicted molar refractivity (Wildman–Crippen MR) is 74.4 cm³/mol. The summed E-state index contributed by atoms with van der Waals surface area (Å²) >= 11 is 6.11. The molecule has 0 aromatic carbocycles. The Morgan fingerprint density at radius 3 is 2.68 bits per heavy atom. The summed E-state index contributed by atoms with van der Waals surface area (Å²) in [5.41, 5.74) is 1.51. The zero-order valence-electron chi connectivity index (χ0n) is 11.8. The first kappa shape index (κ1) is 14.7. The van der Waals surface area contributed by atoms with Crippen LogP contribution in [-0.2, 0) is 15.1 Å². The van der Waals surface area contributed by atoms with Gasteiger partial charge in [0.2, 0.25) is 0 Å². The van der Waals surface area contributed by atoms with Crippen molar-refractivity contribution in [3.8, 4) is 0 Å². The van der Waals surface area contributed by atoms with Gasteiger partial charge in [0.05, 0.1) is 5.38 Å². The van der Waals surface area contributed by atoms with Crippen molar-refractivity contribution < 1.29 is 9.47 Å². The van der Waals surface area contributed by atoms with Crippen LogP contribution >= 0.6 is 11.6 Å². The molecular formula is C14H21ClN2O2. The molecule has 1 atom stereocenters. The summed E-state index contributed by atoms with van der Waals surface area (Å²) in [7, 11) is 0. The average molecular weight is 285 g/mol. The highest BCUT2D eigenvalue weighted by Crippen LogP contribution is 2.34. The van der Waals surface area contributed by atoms with Crippen molar-refractivity contribution in [1.29, 1.82) is 0 Å². The molecule has 0 amide bonds. The Kier molecular flexibility index (Phi) is 4.76. The van der Waals surface area contributed by atoms with Crippen LogP contribution < -0.4 is 0 Å². The van der Waals surface area contributed by atoms with Gasteiger partial charge >= 0.3 is 0 Å². The van der Waals surface area contributed by atoms with Gasteiger partial charge in [0.25, 0.3) is 0 Å². The maximum absolute atomic E-state index is 6.11. The standard InChI is InChI=1S/C14H21ClN2O2/c1-4-19-14(5-7-18-8-6-14)13-16-9-12(10(2)15)11(3)17-13/h9-10H,4-8H2,1-3H3. The lowest BCUT2D eigenvalue weighted by molar-refractivity contribution is -0.118. The monoisotopic (exact) mass is 284 g/mol. The Balaban J connectivity index is 2.34. The molecule has 0 bridgehead atoms. The number of rotatable bonds is 4. The van der Waals surface area contributed by atoms with E-state index in [4.69, 9.17) is 21.1 Å². The van der Waals surface area contributed by atoms with E-state index in [2.05, 4.69) is 9.97 Å². The second-order valence-electron chi connectivity index (χ2n) is 4.89. The molecule has 0 N–H and O–H groups in total. The molecule has 5 heteroatoms. The van der Waals surface area contributed by atoms with Crippen LogP contribution in [0.25, 0.3) is 0 Å². The van der Waals surface area contributed by atoms with Crippen LogP contribution in [0, 0.1) is 6.92 Å². The number of halogens is 1. The smallest absolute Gasteiger partial charge is 0.160 e. The first-order valence-electron chi connectivity index (χ1n) is 6.79. The number of hydrogen-bond donors (Lipinski definition) is 0. The molecule has 0 radical (unpaired) electrons. The molecule has 0 aliphatic carbocycles. The van der Waals surface area contributed by atoms with Crippen LogP contribution in [0.5, 0.6) is 0 Å². The minimum atomic E-state index is -0.397. The molecule has 1 aromatic heterocycles. The quantitative estimate of drug-likeness (QED) is 0.797. The Hall–Kier alpha value is -0.710. The molecule has 19 heavy (non-hydrogen) atoms. The number of nitrogens with zero attached hydrogens (tertiary/aromatic N) is 2. The summed E-state index contributed by atoms with van der Waals surface area (Å²) in [4.78, 5) is 9.13. The molecule has 1 aromatic rings. The lowest BCUT2D eigenvalue weighted by Gasteiger charge is -2.35. The number of alkyl halides is 1. The van der Waals surface area contributed by atoms with Crippen LogP contribution in [0.1, 0.15) is 49.1 Å². The normalized spacial score (nSPS) is 20.2. The Morgan fingerprint density at radius 2 is 2.16 bits per heavy atom. The van der Waals surface area contributed by atoms with Gasteiger partial charge in [-0.2, -0.15) is 0 Å². The van der Waals surface area contributed by atoms with Crippen LogP contribution in [0.4, 0.5) is 0 Å². The molecular weight excluding hydrogens is 264 g/mol. The van der Waals surface area contributed by atoms with E-state index in [1.165, 1.54) is 0 Å². The van der Waals surface area contributed by atoms with Crippen molar-refractivity contribution in [2.45, 2.75) is 44.6 Å². The van der Waals surface area contributed by atoms with Gasteiger partial charge in [0.15, 0.2) is 5.82 Å². The van der Waals surface area contributed by atoms with E-state index in [0.29, 0.717) is 19.8 Å². The zero-order valence-corrected chi connectivity index (χ0v) is 12.5. The molecule has 1 aliphatic heterocycles. The number of hydrogen-bond acceptors (Lipinski definition) is 4. The van der Waals surface area contributed by atoms with Crippen molar-refractivity contribution >= 4 is 11.6 Å². The van der Waals surface area contributed by atoms with E-state index < -0.39 is 5.60 Å². The van der Waals surface area contributed by atoms with Crippen LogP contribution in [0.3, 0.4) is 0 Å². The second kappa shape index (κ2) is 6.16. The Labute approximate surface area is 119 Å². The maximum atomic E-state index is 6.11. The molecule has 1 aliphatic rings. The van der Waals surface area contributed by atoms with Gasteiger partial charge in [0.1, 0.15) is 5.60 Å². The molecule has 0 spiro atoms. The Bertz CT molecular complexity index is 426. The first-order valence-corrected chi connectivity index (χ1v) is 7.22. The highest BCUT2D eigenvalue weighted by Gasteiger charge is 2.38. The van der Waals surface area contributed by atoms with Gasteiger partial charge in [-0.05, 0) is 20.8 Å². The summed E-state index contributed by atoms with van der Waals surface area (Å²) in [5, 5.41) is -0.0771. The SMILES string of the molecule is CCOC1(c2ncc(C(C)Cl)c(C)n2)CCOCC1. The van der Waals surface area contributed by atoms with Crippen LogP contribution in [-0.4, -0.2) is 29.8 Å². The van der Waals surface area contributed by atoms with Gasteiger partial charge in [0, 0.05) is 50.1 Å². The van der Waals surface area contributed by atoms with Crippen molar-refractivity contribution in [2.24, 2.45) is 0 Å². The molecule has 0 saturated carbocycles. The third-order valence-corrected chi connectivity index (χ3v) is 3.81. The van der Waals surface area contributed by atoms with Gasteiger partial charge in [-0.1, -0.05) is 0 Å². The van der Waals surface area contributed by atoms with Crippen molar-refractivity contribution in [3.05, 3.63) is 23.3 Å². The van der Waals surface area contributed by atoms with Gasteiger partial charge < -0.3 is 9.47 Å². The summed E-state index contributed by atoms with van der Waals surface area (Å²) in [5.74, 6) is 0.760. The number of ether oxygens (including phenoxy) is 2. The highest BCUT2D eigenvalue weighted by molar-refractivity contribution is 6.20. The minimum Gasteiger partial charge on any atom is -0.381 e. The van der Waals surface area contributed by atoms with Gasteiger partial charge in [-0.15, -0.1) is 11.6 Å². The van der Waals surface area contributed by atoms with Crippen molar-refractivity contribution in [1.82, 2.24) is 9.97 Å². The lowest BCUT2D eigenvalue weighted by Crippen LogP contribution is -2.38. The van der Waals surface area contributed by atoms with Crippen molar-refractivity contribution in [3.63, 3.8) is 0 Å². The van der Waals surface area contributed by atoms with E-state index in [1.807, 2.05) is 27.0 Å². The maximum Gasteiger partial charge on any atom is 0.160 e. The van der Waals surface area contributed by atoms with Crippen LogP contribution in [0.2, 0.25) is 0 Å². The van der Waals surface area contributed by atoms with Crippen molar-refractivity contribution in [2.75, 3.05) is 19.8 Å². The van der Waals surface area contributed by atoms with Gasteiger partial charge in [-0.25, -0.2) is 9.97 Å².